The molecule has 0 bridgehead atoms. The van der Waals surface area contributed by atoms with Crippen LogP contribution in [-0.4, -0.2) is 9.55 Å². The molecule has 0 fully saturated rings. The first-order valence-corrected chi connectivity index (χ1v) is 10.6. The summed E-state index contributed by atoms with van der Waals surface area (Å²) >= 11 is 1.64. The van der Waals surface area contributed by atoms with Gasteiger partial charge >= 0.3 is 5.63 Å². The minimum Gasteiger partial charge on any atom is -0.423 e. The summed E-state index contributed by atoms with van der Waals surface area (Å²) in [7, 11) is 0. The van der Waals surface area contributed by atoms with Gasteiger partial charge in [-0.05, 0) is 72.9 Å². The Kier molecular flexibility index (Phi) is 3.41. The van der Waals surface area contributed by atoms with E-state index in [1.165, 1.54) is 27.6 Å². The van der Waals surface area contributed by atoms with Crippen molar-refractivity contribution < 1.29 is 4.42 Å². The molecule has 0 aliphatic heterocycles. The Bertz CT molecular complexity index is 1390. The van der Waals surface area contributed by atoms with Crippen LogP contribution in [0.5, 0.6) is 0 Å². The molecule has 28 heavy (non-hydrogen) atoms. The van der Waals surface area contributed by atoms with E-state index < -0.39 is 0 Å². The topological polar surface area (TPSA) is 65.1 Å². The molecule has 0 radical (unpaired) electrons. The Morgan fingerprint density at radius 3 is 2.75 bits per heavy atom. The third-order valence-electron chi connectivity index (χ3n) is 6.08. The zero-order chi connectivity index (χ0) is 18.8. The highest BCUT2D eigenvalue weighted by Crippen LogP contribution is 2.34. The lowest BCUT2D eigenvalue weighted by Gasteiger charge is -2.10. The second kappa shape index (κ2) is 5.88. The Labute approximate surface area is 164 Å². The van der Waals surface area contributed by atoms with Gasteiger partial charge in [-0.15, -0.1) is 11.3 Å². The van der Waals surface area contributed by atoms with Crippen molar-refractivity contribution in [1.29, 1.82) is 0 Å². The molecule has 1 aromatic carbocycles. The van der Waals surface area contributed by atoms with E-state index in [4.69, 9.17) is 4.42 Å². The summed E-state index contributed by atoms with van der Waals surface area (Å²) in [5.74, 6) is 0. The molecule has 0 unspecified atom stereocenters. The zero-order valence-corrected chi connectivity index (χ0v) is 16.1. The average Bonchev–Trinajstić information content (AvgIpc) is 3.37. The van der Waals surface area contributed by atoms with E-state index in [-0.39, 0.29) is 11.2 Å². The predicted molar refractivity (Wildman–Crippen MR) is 110 cm³/mol. The van der Waals surface area contributed by atoms with Gasteiger partial charge in [0, 0.05) is 16.3 Å². The van der Waals surface area contributed by atoms with Gasteiger partial charge in [0.25, 0.3) is 5.56 Å². The lowest BCUT2D eigenvalue weighted by molar-refractivity contribution is 0.557. The van der Waals surface area contributed by atoms with Gasteiger partial charge in [0.05, 0.1) is 18.3 Å². The molecular formula is C22H18N2O3S. The smallest absolute Gasteiger partial charge is 0.336 e. The first-order valence-electron chi connectivity index (χ1n) is 9.75. The van der Waals surface area contributed by atoms with Crippen molar-refractivity contribution in [3.05, 3.63) is 72.4 Å². The van der Waals surface area contributed by atoms with Gasteiger partial charge in [-0.1, -0.05) is 0 Å². The molecule has 2 aliphatic carbocycles. The number of thiophene rings is 1. The second-order valence-electron chi connectivity index (χ2n) is 7.78. The molecule has 3 heterocycles. The van der Waals surface area contributed by atoms with Crippen molar-refractivity contribution in [2.75, 3.05) is 0 Å². The van der Waals surface area contributed by atoms with Crippen molar-refractivity contribution in [2.24, 2.45) is 0 Å². The van der Waals surface area contributed by atoms with Gasteiger partial charge in [0.2, 0.25) is 0 Å². The largest absolute Gasteiger partial charge is 0.423 e. The summed E-state index contributed by atoms with van der Waals surface area (Å²) in [6.45, 7) is 0.327. The van der Waals surface area contributed by atoms with Crippen molar-refractivity contribution in [3.8, 4) is 0 Å². The number of hydrogen-bond donors (Lipinski definition) is 0. The fourth-order valence-corrected chi connectivity index (χ4v) is 5.96. The van der Waals surface area contributed by atoms with Crippen LogP contribution in [0.2, 0.25) is 0 Å². The zero-order valence-electron chi connectivity index (χ0n) is 15.3. The highest BCUT2D eigenvalue weighted by Gasteiger charge is 2.22. The number of rotatable bonds is 2. The SMILES string of the molecule is O=c1cc(Cn2cnc3sc4c(c3c2=O)CCC4)c2cc3c(cc2o1)CCC3. The summed E-state index contributed by atoms with van der Waals surface area (Å²) in [6.07, 6.45) is 7.95. The monoisotopic (exact) mass is 390 g/mol. The van der Waals surface area contributed by atoms with Crippen LogP contribution < -0.4 is 11.2 Å². The third-order valence-corrected chi connectivity index (χ3v) is 7.27. The Morgan fingerprint density at radius 1 is 1.04 bits per heavy atom. The maximum Gasteiger partial charge on any atom is 0.336 e. The Hall–Kier alpha value is -2.73. The van der Waals surface area contributed by atoms with Gasteiger partial charge in [-0.3, -0.25) is 9.36 Å². The lowest BCUT2D eigenvalue weighted by atomic mass is 10.0. The molecule has 0 atom stereocenters. The molecule has 6 rings (SSSR count). The van der Waals surface area contributed by atoms with Crippen molar-refractivity contribution >= 4 is 32.5 Å². The summed E-state index contributed by atoms with van der Waals surface area (Å²) in [5, 5.41) is 1.69. The Balaban J connectivity index is 1.53. The summed E-state index contributed by atoms with van der Waals surface area (Å²) in [4.78, 5) is 32.0. The number of aryl methyl sites for hydroxylation is 4. The fraction of sp³-hybridized carbons (Fsp3) is 0.318. The van der Waals surface area contributed by atoms with Crippen LogP contribution in [0.15, 0.2) is 38.5 Å². The van der Waals surface area contributed by atoms with Crippen molar-refractivity contribution in [3.63, 3.8) is 0 Å². The van der Waals surface area contributed by atoms with E-state index in [0.29, 0.717) is 12.1 Å². The number of fused-ring (bicyclic) bond motifs is 5. The number of benzene rings is 1. The van der Waals surface area contributed by atoms with Crippen LogP contribution in [0.3, 0.4) is 0 Å². The molecule has 5 nitrogen and oxygen atoms in total. The molecule has 0 amide bonds. The highest BCUT2D eigenvalue weighted by atomic mass is 32.1. The fourth-order valence-electron chi connectivity index (χ4n) is 4.74. The molecule has 0 saturated heterocycles. The van der Waals surface area contributed by atoms with Crippen molar-refractivity contribution in [1.82, 2.24) is 9.55 Å². The molecule has 0 spiro atoms. The molecule has 3 aromatic heterocycles. The van der Waals surface area contributed by atoms with E-state index in [2.05, 4.69) is 11.1 Å². The normalized spacial score (nSPS) is 15.4. The summed E-state index contributed by atoms with van der Waals surface area (Å²) in [5.41, 5.74) is 4.81. The lowest BCUT2D eigenvalue weighted by Crippen LogP contribution is -2.22. The highest BCUT2D eigenvalue weighted by molar-refractivity contribution is 7.18. The van der Waals surface area contributed by atoms with E-state index in [0.717, 1.165) is 59.7 Å². The van der Waals surface area contributed by atoms with Gasteiger partial charge in [-0.25, -0.2) is 9.78 Å². The maximum absolute atomic E-state index is 13.2. The number of aromatic nitrogens is 2. The minimum absolute atomic E-state index is 0.00745. The molecule has 4 aromatic rings. The van der Waals surface area contributed by atoms with Gasteiger partial charge in [-0.2, -0.15) is 0 Å². The van der Waals surface area contributed by atoms with Crippen LogP contribution in [0.25, 0.3) is 21.2 Å². The van der Waals surface area contributed by atoms with Crippen LogP contribution in [-0.2, 0) is 32.2 Å². The van der Waals surface area contributed by atoms with Crippen LogP contribution in [0.4, 0.5) is 0 Å². The molecule has 6 heteroatoms. The van der Waals surface area contributed by atoms with Crippen LogP contribution >= 0.6 is 11.3 Å². The van der Waals surface area contributed by atoms with Crippen LogP contribution in [0.1, 0.15) is 40.0 Å². The van der Waals surface area contributed by atoms with Gasteiger partial charge in [0.15, 0.2) is 0 Å². The van der Waals surface area contributed by atoms with Gasteiger partial charge < -0.3 is 4.42 Å². The minimum atomic E-state index is -0.376. The Morgan fingerprint density at radius 2 is 1.86 bits per heavy atom. The van der Waals surface area contributed by atoms with E-state index in [9.17, 15) is 9.59 Å². The van der Waals surface area contributed by atoms with Crippen molar-refractivity contribution in [2.45, 2.75) is 45.1 Å². The van der Waals surface area contributed by atoms with Gasteiger partial charge in [0.1, 0.15) is 10.4 Å². The first-order chi connectivity index (χ1) is 13.7. The first kappa shape index (κ1) is 16.2. The van der Waals surface area contributed by atoms with Crippen LogP contribution in [0, 0.1) is 0 Å². The second-order valence-corrected chi connectivity index (χ2v) is 8.86. The number of hydrogen-bond acceptors (Lipinski definition) is 5. The molecular weight excluding hydrogens is 372 g/mol. The van der Waals surface area contributed by atoms with E-state index in [1.807, 2.05) is 6.07 Å². The number of nitrogens with zero attached hydrogens (tertiary/aromatic N) is 2. The summed E-state index contributed by atoms with van der Waals surface area (Å²) in [6, 6.07) is 5.64. The van der Waals surface area contributed by atoms with E-state index in [1.54, 1.807) is 22.2 Å². The molecule has 2 aliphatic rings. The molecule has 140 valence electrons. The summed E-state index contributed by atoms with van der Waals surface area (Å²) < 4.78 is 7.09. The third kappa shape index (κ3) is 2.34. The quantitative estimate of drug-likeness (QED) is 0.491. The molecule has 0 N–H and O–H groups in total. The predicted octanol–water partition coefficient (Wildman–Crippen LogP) is 3.59. The van der Waals surface area contributed by atoms with E-state index >= 15 is 0 Å². The standard InChI is InChI=1S/C22H18N2O3S/c25-19-9-14(16-7-12-3-1-4-13(12)8-17(16)27-19)10-24-11-23-21-20(22(24)26)15-5-2-6-18(15)28-21/h7-9,11H,1-6,10H2. The maximum atomic E-state index is 13.2. The average molecular weight is 390 g/mol. The molecule has 0 saturated carbocycles.